The van der Waals surface area contributed by atoms with Gasteiger partial charge in [0.2, 0.25) is 11.5 Å². The van der Waals surface area contributed by atoms with Crippen molar-refractivity contribution in [1.82, 2.24) is 25.5 Å². The number of carbonyl (C=O) groups is 3. The molecule has 0 spiro atoms. The van der Waals surface area contributed by atoms with Gasteiger partial charge in [0.15, 0.2) is 0 Å². The third kappa shape index (κ3) is 4.17. The van der Waals surface area contributed by atoms with E-state index in [4.69, 9.17) is 16.3 Å². The quantitative estimate of drug-likeness (QED) is 0.521. The standard InChI is InChI=1S/C24H21ClN6O4/c25-18-4-1-2-5-19(18)35-17-8-6-16(7-9-17)24(20(32)28-23(34)29-21(24)33)31-14-12-30(13-15-31)22-26-10-3-11-27-22/h1-11H,12-15H2,(H2,28,29,32,33,34). The highest BCUT2D eigenvalue weighted by Crippen LogP contribution is 2.35. The molecular weight excluding hydrogens is 472 g/mol. The fourth-order valence-corrected chi connectivity index (χ4v) is 4.54. The zero-order valence-electron chi connectivity index (χ0n) is 18.5. The third-order valence-corrected chi connectivity index (χ3v) is 6.35. The number of hydrogen-bond donors (Lipinski definition) is 2. The lowest BCUT2D eigenvalue weighted by molar-refractivity contribution is -0.149. The van der Waals surface area contributed by atoms with Crippen LogP contribution in [0.25, 0.3) is 0 Å². The van der Waals surface area contributed by atoms with Crippen LogP contribution < -0.4 is 20.3 Å². The van der Waals surface area contributed by atoms with E-state index in [1.54, 1.807) is 71.9 Å². The first-order chi connectivity index (χ1) is 17.0. The van der Waals surface area contributed by atoms with E-state index in [-0.39, 0.29) is 0 Å². The molecule has 3 heterocycles. The number of nitrogens with one attached hydrogen (secondary N) is 2. The molecule has 4 amide bonds. The number of piperazine rings is 1. The van der Waals surface area contributed by atoms with Gasteiger partial charge in [-0.25, -0.2) is 14.8 Å². The van der Waals surface area contributed by atoms with Crippen LogP contribution in [0.15, 0.2) is 67.0 Å². The predicted octanol–water partition coefficient (Wildman–Crippen LogP) is 2.31. The Morgan fingerprint density at radius 1 is 0.829 bits per heavy atom. The van der Waals surface area contributed by atoms with Gasteiger partial charge in [0.1, 0.15) is 11.5 Å². The molecule has 1 aromatic heterocycles. The predicted molar refractivity (Wildman–Crippen MR) is 127 cm³/mol. The van der Waals surface area contributed by atoms with E-state index in [1.807, 2.05) is 4.90 Å². The van der Waals surface area contributed by atoms with E-state index in [0.717, 1.165) is 0 Å². The summed E-state index contributed by atoms with van der Waals surface area (Å²) in [5.74, 6) is 0.145. The maximum absolute atomic E-state index is 13.3. The number of urea groups is 1. The molecular formula is C24H21ClN6O4. The summed E-state index contributed by atoms with van der Waals surface area (Å²) in [6, 6.07) is 14.6. The Labute approximate surface area is 205 Å². The molecule has 0 bridgehead atoms. The largest absolute Gasteiger partial charge is 0.456 e. The summed E-state index contributed by atoms with van der Waals surface area (Å²) in [5.41, 5.74) is -1.31. The second kappa shape index (κ2) is 9.32. The maximum Gasteiger partial charge on any atom is 0.328 e. The Kier molecular flexibility index (Phi) is 6.06. The van der Waals surface area contributed by atoms with E-state index in [0.29, 0.717) is 54.2 Å². The summed E-state index contributed by atoms with van der Waals surface area (Å²) in [4.78, 5) is 50.7. The second-order valence-electron chi connectivity index (χ2n) is 8.03. The Hall–Kier alpha value is -4.02. The second-order valence-corrected chi connectivity index (χ2v) is 8.43. The zero-order chi connectivity index (χ0) is 24.4. The molecule has 0 aliphatic carbocycles. The number of imide groups is 2. The third-order valence-electron chi connectivity index (χ3n) is 6.04. The van der Waals surface area contributed by atoms with Crippen molar-refractivity contribution < 1.29 is 19.1 Å². The lowest BCUT2D eigenvalue weighted by Gasteiger charge is -2.46. The summed E-state index contributed by atoms with van der Waals surface area (Å²) < 4.78 is 5.84. The van der Waals surface area contributed by atoms with Gasteiger partial charge in [-0.15, -0.1) is 0 Å². The molecule has 0 radical (unpaired) electrons. The van der Waals surface area contributed by atoms with Gasteiger partial charge in [-0.05, 0) is 35.9 Å². The van der Waals surface area contributed by atoms with Crippen LogP contribution in [-0.2, 0) is 15.1 Å². The van der Waals surface area contributed by atoms with Gasteiger partial charge < -0.3 is 9.64 Å². The molecule has 0 unspecified atom stereocenters. The van der Waals surface area contributed by atoms with Crippen molar-refractivity contribution in [3.8, 4) is 11.5 Å². The molecule has 11 heteroatoms. The van der Waals surface area contributed by atoms with Gasteiger partial charge in [0, 0.05) is 38.6 Å². The minimum atomic E-state index is -1.72. The van der Waals surface area contributed by atoms with Crippen molar-refractivity contribution in [2.24, 2.45) is 0 Å². The molecule has 2 aliphatic heterocycles. The van der Waals surface area contributed by atoms with Crippen molar-refractivity contribution in [2.45, 2.75) is 5.54 Å². The summed E-state index contributed by atoms with van der Waals surface area (Å²) in [7, 11) is 0. The van der Waals surface area contributed by atoms with Gasteiger partial charge >= 0.3 is 6.03 Å². The fraction of sp³-hybridized carbons (Fsp3) is 0.208. The lowest BCUT2D eigenvalue weighted by atomic mass is 9.84. The average molecular weight is 493 g/mol. The molecule has 2 saturated heterocycles. The average Bonchev–Trinajstić information content (AvgIpc) is 2.87. The molecule has 2 aromatic carbocycles. The molecule has 5 rings (SSSR count). The van der Waals surface area contributed by atoms with Crippen LogP contribution in [0.5, 0.6) is 11.5 Å². The van der Waals surface area contributed by atoms with Crippen LogP contribution in [0.3, 0.4) is 0 Å². The van der Waals surface area contributed by atoms with Crippen LogP contribution in [-0.4, -0.2) is 58.9 Å². The van der Waals surface area contributed by atoms with E-state index in [9.17, 15) is 14.4 Å². The number of anilines is 1. The number of nitrogens with zero attached hydrogens (tertiary/aromatic N) is 4. The Morgan fingerprint density at radius 2 is 1.46 bits per heavy atom. The Bertz CT molecular complexity index is 1240. The molecule has 35 heavy (non-hydrogen) atoms. The van der Waals surface area contributed by atoms with Crippen LogP contribution in [0.1, 0.15) is 5.56 Å². The number of aromatic nitrogens is 2. The van der Waals surface area contributed by atoms with Crippen molar-refractivity contribution in [2.75, 3.05) is 31.1 Å². The number of halogens is 1. The first-order valence-electron chi connectivity index (χ1n) is 11.0. The SMILES string of the molecule is O=C1NC(=O)C(c2ccc(Oc3ccccc3Cl)cc2)(N2CCN(c3ncccn3)CC2)C(=O)N1. The van der Waals surface area contributed by atoms with Gasteiger partial charge in [0.05, 0.1) is 5.02 Å². The number of amides is 4. The summed E-state index contributed by atoms with van der Waals surface area (Å²) in [6.07, 6.45) is 3.33. The van der Waals surface area contributed by atoms with E-state index in [2.05, 4.69) is 20.6 Å². The van der Waals surface area contributed by atoms with Crippen LogP contribution >= 0.6 is 11.6 Å². The van der Waals surface area contributed by atoms with Crippen LogP contribution in [0.2, 0.25) is 5.02 Å². The number of carbonyl (C=O) groups excluding carboxylic acids is 3. The molecule has 2 aliphatic rings. The van der Waals surface area contributed by atoms with Crippen molar-refractivity contribution in [3.63, 3.8) is 0 Å². The first kappa shape index (κ1) is 22.8. The number of barbiturate groups is 1. The lowest BCUT2D eigenvalue weighted by Crippen LogP contribution is -2.73. The van der Waals surface area contributed by atoms with E-state index in [1.165, 1.54) is 0 Å². The number of rotatable bonds is 5. The summed E-state index contributed by atoms with van der Waals surface area (Å²) >= 11 is 6.18. The molecule has 2 fully saturated rings. The van der Waals surface area contributed by atoms with Crippen LogP contribution in [0.4, 0.5) is 10.7 Å². The molecule has 10 nitrogen and oxygen atoms in total. The highest BCUT2D eigenvalue weighted by Gasteiger charge is 2.56. The number of ether oxygens (including phenoxy) is 1. The van der Waals surface area contributed by atoms with Gasteiger partial charge in [-0.3, -0.25) is 25.1 Å². The maximum atomic E-state index is 13.3. The number of hydrogen-bond acceptors (Lipinski definition) is 8. The smallest absolute Gasteiger partial charge is 0.328 e. The fourth-order valence-electron chi connectivity index (χ4n) is 4.37. The Balaban J connectivity index is 1.44. The number of benzene rings is 2. The van der Waals surface area contributed by atoms with Crippen molar-refractivity contribution in [3.05, 3.63) is 77.6 Å². The molecule has 2 N–H and O–H groups in total. The summed E-state index contributed by atoms with van der Waals surface area (Å²) in [5, 5.41) is 4.98. The number of para-hydroxylation sites is 1. The van der Waals surface area contributed by atoms with Gasteiger partial charge in [-0.1, -0.05) is 35.9 Å². The minimum Gasteiger partial charge on any atom is -0.456 e. The van der Waals surface area contributed by atoms with E-state index < -0.39 is 23.4 Å². The zero-order valence-corrected chi connectivity index (χ0v) is 19.2. The highest BCUT2D eigenvalue weighted by atomic mass is 35.5. The first-order valence-corrected chi connectivity index (χ1v) is 11.3. The van der Waals surface area contributed by atoms with Gasteiger partial charge in [-0.2, -0.15) is 0 Å². The topological polar surface area (TPSA) is 117 Å². The summed E-state index contributed by atoms with van der Waals surface area (Å²) in [6.45, 7) is 1.72. The van der Waals surface area contributed by atoms with Gasteiger partial charge in [0.25, 0.3) is 11.8 Å². The van der Waals surface area contributed by atoms with Crippen molar-refractivity contribution in [1.29, 1.82) is 0 Å². The minimum absolute atomic E-state index is 0.366. The molecule has 0 atom stereocenters. The van der Waals surface area contributed by atoms with Crippen LogP contribution in [0, 0.1) is 0 Å². The molecule has 178 valence electrons. The van der Waals surface area contributed by atoms with E-state index >= 15 is 0 Å². The monoisotopic (exact) mass is 492 g/mol. The molecule has 3 aromatic rings. The highest BCUT2D eigenvalue weighted by molar-refractivity contribution is 6.32. The normalized spacial score (nSPS) is 18.1. The molecule has 0 saturated carbocycles. The van der Waals surface area contributed by atoms with Crippen molar-refractivity contribution >= 4 is 35.4 Å². The Morgan fingerprint density at radius 3 is 2.09 bits per heavy atom.